The molecule has 25 heavy (non-hydrogen) atoms. The maximum Gasteiger partial charge on any atom is 0.191 e. The lowest BCUT2D eigenvalue weighted by Crippen LogP contribution is -2.54. The Balaban J connectivity index is 1.82. The van der Waals surface area contributed by atoms with Crippen molar-refractivity contribution in [1.82, 2.24) is 0 Å². The van der Waals surface area contributed by atoms with E-state index in [0.717, 1.165) is 38.6 Å². The van der Waals surface area contributed by atoms with Crippen LogP contribution in [0.3, 0.4) is 0 Å². The van der Waals surface area contributed by atoms with E-state index in [-0.39, 0.29) is 5.41 Å². The van der Waals surface area contributed by atoms with Gasteiger partial charge in [0.25, 0.3) is 0 Å². The maximum atomic E-state index is 6.28. The molecule has 0 aromatic heterocycles. The van der Waals surface area contributed by atoms with Crippen LogP contribution < -0.4 is 0 Å². The quantitative estimate of drug-likeness (QED) is 0.275. The van der Waals surface area contributed by atoms with E-state index in [4.69, 9.17) is 9.16 Å². The molecule has 0 unspecified atom stereocenters. The van der Waals surface area contributed by atoms with Crippen molar-refractivity contribution in [1.29, 1.82) is 0 Å². The number of ether oxygens (including phenoxy) is 1. The van der Waals surface area contributed by atoms with Crippen LogP contribution in [0, 0.1) is 23.2 Å². The highest BCUT2D eigenvalue weighted by molar-refractivity contribution is 6.74. The van der Waals surface area contributed by atoms with Crippen LogP contribution in [0.2, 0.25) is 18.1 Å². The Labute approximate surface area is 157 Å². The van der Waals surface area contributed by atoms with Crippen LogP contribution in [-0.2, 0) is 9.16 Å². The van der Waals surface area contributed by atoms with Crippen molar-refractivity contribution in [3.63, 3.8) is 0 Å². The van der Waals surface area contributed by atoms with E-state index >= 15 is 0 Å². The lowest BCUT2D eigenvalue weighted by atomic mass is 9.47. The largest absolute Gasteiger partial charge is 0.417 e. The Morgan fingerprint density at radius 2 is 2.04 bits per heavy atom. The molecule has 0 radical (unpaired) electrons. The fourth-order valence-electron chi connectivity index (χ4n) is 4.39. The van der Waals surface area contributed by atoms with Crippen molar-refractivity contribution in [2.75, 3.05) is 19.8 Å². The molecule has 1 aliphatic carbocycles. The third-order valence-corrected chi connectivity index (χ3v) is 11.6. The van der Waals surface area contributed by atoms with E-state index in [1.54, 1.807) is 0 Å². The summed E-state index contributed by atoms with van der Waals surface area (Å²) in [4.78, 5) is 0. The second-order valence-electron chi connectivity index (χ2n) is 9.60. The number of rotatable bonds is 9. The highest BCUT2D eigenvalue weighted by Crippen LogP contribution is 2.62. The average molecular weight is 365 g/mol. The summed E-state index contributed by atoms with van der Waals surface area (Å²) in [6, 6.07) is 0. The maximum absolute atomic E-state index is 6.28. The molecule has 0 aromatic rings. The molecule has 0 N–H and O–H groups in total. The van der Waals surface area contributed by atoms with Crippen LogP contribution in [0.1, 0.15) is 53.4 Å². The molecule has 0 amide bonds. The Kier molecular flexibility index (Phi) is 6.78. The van der Waals surface area contributed by atoms with Gasteiger partial charge in [-0.2, -0.15) is 0 Å². The van der Waals surface area contributed by atoms with Gasteiger partial charge in [0.2, 0.25) is 0 Å². The lowest BCUT2D eigenvalue weighted by Gasteiger charge is -2.55. The van der Waals surface area contributed by atoms with Crippen molar-refractivity contribution in [3.8, 4) is 0 Å². The molecule has 2 nitrogen and oxygen atoms in total. The second kappa shape index (κ2) is 8.10. The van der Waals surface area contributed by atoms with Gasteiger partial charge in [0.05, 0.1) is 13.2 Å². The Morgan fingerprint density at radius 3 is 2.64 bits per heavy atom. The number of hydrogen-bond acceptors (Lipinski definition) is 2. The minimum absolute atomic E-state index is 0.216. The standard InChI is InChI=1S/C22H40O2Si/c1-8-13-18-19(22(9-2)17-23-16-20(18)22)14-11-10-12-15-24-25(6,7)21(3,4)5/h9,11,14,18-20H,2,8,10,12-13,15-17H2,1,3-7H3/b14-11+/t18-,19+,20+,22-/m1/s1. The van der Waals surface area contributed by atoms with Crippen LogP contribution in [0.4, 0.5) is 0 Å². The normalized spacial score (nSPS) is 32.6. The van der Waals surface area contributed by atoms with E-state index in [2.05, 4.69) is 65.6 Å². The van der Waals surface area contributed by atoms with E-state index in [0.29, 0.717) is 16.9 Å². The second-order valence-corrected chi connectivity index (χ2v) is 14.4. The molecule has 1 aliphatic heterocycles. The van der Waals surface area contributed by atoms with Crippen LogP contribution in [-0.4, -0.2) is 28.1 Å². The van der Waals surface area contributed by atoms with Crippen molar-refractivity contribution in [2.24, 2.45) is 23.2 Å². The van der Waals surface area contributed by atoms with Gasteiger partial charge in [0.1, 0.15) is 0 Å². The number of hydrogen-bond donors (Lipinski definition) is 0. The summed E-state index contributed by atoms with van der Waals surface area (Å²) >= 11 is 0. The molecule has 1 saturated heterocycles. The van der Waals surface area contributed by atoms with Gasteiger partial charge in [-0.05, 0) is 55.1 Å². The Bertz CT molecular complexity index is 477. The van der Waals surface area contributed by atoms with Crippen molar-refractivity contribution >= 4 is 8.32 Å². The summed E-state index contributed by atoms with van der Waals surface area (Å²) in [6.45, 7) is 20.7. The van der Waals surface area contributed by atoms with Gasteiger partial charge in [0.15, 0.2) is 8.32 Å². The topological polar surface area (TPSA) is 18.5 Å². The van der Waals surface area contributed by atoms with Crippen molar-refractivity contribution in [2.45, 2.75) is 71.5 Å². The fourth-order valence-corrected chi connectivity index (χ4v) is 5.48. The smallest absolute Gasteiger partial charge is 0.191 e. The van der Waals surface area contributed by atoms with Gasteiger partial charge in [-0.3, -0.25) is 0 Å². The highest BCUT2D eigenvalue weighted by atomic mass is 28.4. The number of fused-ring (bicyclic) bond motifs is 1. The molecular formula is C22H40O2Si. The molecule has 1 heterocycles. The van der Waals surface area contributed by atoms with Gasteiger partial charge in [-0.1, -0.05) is 52.3 Å². The zero-order valence-corrected chi connectivity index (χ0v) is 18.4. The van der Waals surface area contributed by atoms with Gasteiger partial charge in [0, 0.05) is 12.0 Å². The third-order valence-electron chi connectivity index (χ3n) is 7.07. The zero-order chi connectivity index (χ0) is 18.7. The predicted molar refractivity (Wildman–Crippen MR) is 110 cm³/mol. The van der Waals surface area contributed by atoms with Crippen LogP contribution in [0.25, 0.3) is 0 Å². The third kappa shape index (κ3) is 4.14. The molecule has 144 valence electrons. The van der Waals surface area contributed by atoms with E-state index in [9.17, 15) is 0 Å². The molecule has 4 atom stereocenters. The van der Waals surface area contributed by atoms with Crippen LogP contribution >= 0.6 is 0 Å². The first-order chi connectivity index (χ1) is 11.7. The summed E-state index contributed by atoms with van der Waals surface area (Å²) in [5.41, 5.74) is 0.216. The molecule has 0 spiro atoms. The SMILES string of the molecule is C=C[C@]12COC[C@H]1[C@H](CCC)[C@@H]2/C=C/CCCO[Si](C)(C)C(C)(C)C. The van der Waals surface area contributed by atoms with Gasteiger partial charge >= 0.3 is 0 Å². The van der Waals surface area contributed by atoms with E-state index < -0.39 is 8.32 Å². The van der Waals surface area contributed by atoms with Gasteiger partial charge < -0.3 is 9.16 Å². The Morgan fingerprint density at radius 1 is 1.32 bits per heavy atom. The zero-order valence-electron chi connectivity index (χ0n) is 17.4. The molecule has 2 aliphatic rings. The number of unbranched alkanes of at least 4 members (excludes halogenated alkanes) is 1. The van der Waals surface area contributed by atoms with Crippen LogP contribution in [0.15, 0.2) is 24.8 Å². The first-order valence-electron chi connectivity index (χ1n) is 10.2. The molecule has 1 saturated carbocycles. The van der Waals surface area contributed by atoms with E-state index in [1.165, 1.54) is 12.8 Å². The van der Waals surface area contributed by atoms with Crippen molar-refractivity contribution < 1.29 is 9.16 Å². The highest BCUT2D eigenvalue weighted by Gasteiger charge is 2.61. The van der Waals surface area contributed by atoms with Crippen molar-refractivity contribution in [3.05, 3.63) is 24.8 Å². The molecule has 2 rings (SSSR count). The monoisotopic (exact) mass is 364 g/mol. The number of allylic oxidation sites excluding steroid dienone is 2. The summed E-state index contributed by atoms with van der Waals surface area (Å²) in [7, 11) is -1.59. The molecule has 0 aromatic carbocycles. The minimum atomic E-state index is -1.59. The summed E-state index contributed by atoms with van der Waals surface area (Å²) < 4.78 is 12.1. The van der Waals surface area contributed by atoms with Gasteiger partial charge in [-0.15, -0.1) is 6.58 Å². The van der Waals surface area contributed by atoms with Gasteiger partial charge in [-0.25, -0.2) is 0 Å². The summed E-state index contributed by atoms with van der Waals surface area (Å²) in [6.07, 6.45) is 11.9. The fraction of sp³-hybridized carbons (Fsp3) is 0.818. The minimum Gasteiger partial charge on any atom is -0.417 e. The van der Waals surface area contributed by atoms with E-state index in [1.807, 2.05) is 0 Å². The predicted octanol–water partition coefficient (Wildman–Crippen LogP) is 6.21. The molecule has 3 heteroatoms. The first kappa shape index (κ1) is 20.9. The summed E-state index contributed by atoms with van der Waals surface area (Å²) in [5, 5.41) is 0.302. The molecular weight excluding hydrogens is 324 g/mol. The van der Waals surface area contributed by atoms with Crippen LogP contribution in [0.5, 0.6) is 0 Å². The first-order valence-corrected chi connectivity index (χ1v) is 13.1. The Hall–Kier alpha value is -0.383. The summed E-state index contributed by atoms with van der Waals surface area (Å²) in [5.74, 6) is 2.10. The molecule has 0 bridgehead atoms. The average Bonchev–Trinajstić information content (AvgIpc) is 2.90. The molecule has 2 fully saturated rings. The lowest BCUT2D eigenvalue weighted by molar-refractivity contribution is -0.0217.